The molecular formula is C19H23N3O2S. The molecule has 25 heavy (non-hydrogen) atoms. The van der Waals surface area contributed by atoms with E-state index in [9.17, 15) is 4.79 Å². The molecule has 0 aromatic carbocycles. The van der Waals surface area contributed by atoms with Crippen LogP contribution >= 0.6 is 11.3 Å². The number of nitrogens with zero attached hydrogens (tertiary/aromatic N) is 3. The molecule has 5 nitrogen and oxygen atoms in total. The number of carbonyl (C=O) groups excluding carboxylic acids is 1. The number of fused-ring (bicyclic) bond motifs is 1. The smallest absolute Gasteiger partial charge is 0.263 e. The van der Waals surface area contributed by atoms with Crippen molar-refractivity contribution in [3.05, 3.63) is 52.0 Å². The van der Waals surface area contributed by atoms with Crippen LogP contribution in [0.5, 0.6) is 0 Å². The van der Waals surface area contributed by atoms with Gasteiger partial charge in [0.25, 0.3) is 5.91 Å². The molecule has 0 bridgehead atoms. The normalized spacial score (nSPS) is 24.1. The molecular weight excluding hydrogens is 334 g/mol. The number of piperidine rings is 1. The average molecular weight is 357 g/mol. The number of ether oxygens (including phenoxy) is 1. The molecule has 2 atom stereocenters. The third-order valence-corrected chi connectivity index (χ3v) is 6.07. The van der Waals surface area contributed by atoms with Gasteiger partial charge in [-0.1, -0.05) is 6.07 Å². The van der Waals surface area contributed by atoms with Gasteiger partial charge in [0.05, 0.1) is 23.6 Å². The van der Waals surface area contributed by atoms with Gasteiger partial charge in [0, 0.05) is 38.6 Å². The fourth-order valence-electron chi connectivity index (χ4n) is 3.75. The predicted molar refractivity (Wildman–Crippen MR) is 97.8 cm³/mol. The van der Waals surface area contributed by atoms with E-state index in [1.807, 2.05) is 35.5 Å². The molecule has 0 aliphatic carbocycles. The Labute approximate surface area is 152 Å². The van der Waals surface area contributed by atoms with Gasteiger partial charge < -0.3 is 9.64 Å². The minimum Gasteiger partial charge on any atom is -0.375 e. The van der Waals surface area contributed by atoms with Crippen molar-refractivity contribution in [2.45, 2.75) is 32.0 Å². The zero-order valence-electron chi connectivity index (χ0n) is 14.4. The highest BCUT2D eigenvalue weighted by Crippen LogP contribution is 2.26. The Bertz CT molecular complexity index is 733. The van der Waals surface area contributed by atoms with Crippen LogP contribution in [0.1, 0.15) is 27.2 Å². The summed E-state index contributed by atoms with van der Waals surface area (Å²) in [5, 5.41) is 2.04. The number of hydrogen-bond donors (Lipinski definition) is 0. The summed E-state index contributed by atoms with van der Waals surface area (Å²) in [6.45, 7) is 6.07. The van der Waals surface area contributed by atoms with E-state index >= 15 is 0 Å². The third kappa shape index (κ3) is 3.61. The molecule has 2 aromatic heterocycles. The summed E-state index contributed by atoms with van der Waals surface area (Å²) in [5.74, 6) is 0.156. The molecule has 4 heterocycles. The molecule has 0 radical (unpaired) electrons. The molecule has 0 unspecified atom stereocenters. The maximum Gasteiger partial charge on any atom is 0.263 e. The van der Waals surface area contributed by atoms with Crippen molar-refractivity contribution in [3.63, 3.8) is 0 Å². The van der Waals surface area contributed by atoms with Gasteiger partial charge in [0.1, 0.15) is 0 Å². The zero-order valence-corrected chi connectivity index (χ0v) is 15.2. The van der Waals surface area contributed by atoms with Gasteiger partial charge in [0.2, 0.25) is 0 Å². The first-order chi connectivity index (χ1) is 12.2. The molecule has 2 fully saturated rings. The van der Waals surface area contributed by atoms with E-state index in [1.165, 1.54) is 16.9 Å². The van der Waals surface area contributed by atoms with Gasteiger partial charge in [0.15, 0.2) is 0 Å². The van der Waals surface area contributed by atoms with Crippen molar-refractivity contribution in [2.75, 3.05) is 26.2 Å². The number of aryl methyl sites for hydroxylation is 1. The number of amides is 1. The van der Waals surface area contributed by atoms with Crippen LogP contribution in [0, 0.1) is 6.92 Å². The number of morpholine rings is 1. The van der Waals surface area contributed by atoms with E-state index in [0.717, 1.165) is 49.6 Å². The molecule has 1 amide bonds. The monoisotopic (exact) mass is 357 g/mol. The molecule has 6 heteroatoms. The Morgan fingerprint density at radius 1 is 1.44 bits per heavy atom. The van der Waals surface area contributed by atoms with E-state index in [-0.39, 0.29) is 18.1 Å². The second-order valence-corrected chi connectivity index (χ2v) is 7.75. The fraction of sp³-hybridized carbons (Fsp3) is 0.474. The van der Waals surface area contributed by atoms with E-state index in [1.54, 1.807) is 6.20 Å². The lowest BCUT2D eigenvalue weighted by Crippen LogP contribution is -2.60. The molecule has 2 aliphatic heterocycles. The predicted octanol–water partition coefficient (Wildman–Crippen LogP) is 2.57. The Hall–Kier alpha value is -1.76. The minimum absolute atomic E-state index is 0.156. The second kappa shape index (κ2) is 7.23. The SMILES string of the molecule is Cc1csc(C(=O)N2CC[C@@H]3OCCN(Cc4cccnc4)[C@H]3C2)c1. The molecule has 4 rings (SSSR count). The summed E-state index contributed by atoms with van der Waals surface area (Å²) < 4.78 is 6.00. The number of thiophene rings is 1. The van der Waals surface area contributed by atoms with Crippen LogP contribution in [0.4, 0.5) is 0 Å². The Kier molecular flexibility index (Phi) is 4.83. The fourth-order valence-corrected chi connectivity index (χ4v) is 4.61. The molecule has 2 aliphatic rings. The molecule has 2 aromatic rings. The first kappa shape index (κ1) is 16.7. The molecule has 0 N–H and O–H groups in total. The topological polar surface area (TPSA) is 45.7 Å². The van der Waals surface area contributed by atoms with Gasteiger partial charge in [-0.25, -0.2) is 0 Å². The Morgan fingerprint density at radius 2 is 2.36 bits per heavy atom. The maximum absolute atomic E-state index is 12.8. The summed E-state index contributed by atoms with van der Waals surface area (Å²) in [6.07, 6.45) is 4.85. The summed E-state index contributed by atoms with van der Waals surface area (Å²) in [4.78, 5) is 22.3. The number of aromatic nitrogens is 1. The summed E-state index contributed by atoms with van der Waals surface area (Å²) in [5.41, 5.74) is 2.36. The van der Waals surface area contributed by atoms with Crippen LogP contribution in [0.2, 0.25) is 0 Å². The highest BCUT2D eigenvalue weighted by atomic mass is 32.1. The third-order valence-electron chi connectivity index (χ3n) is 5.04. The average Bonchev–Trinajstić information content (AvgIpc) is 3.08. The summed E-state index contributed by atoms with van der Waals surface area (Å²) >= 11 is 1.54. The quantitative estimate of drug-likeness (QED) is 0.847. The standard InChI is InChI=1S/C19H23N3O2S/c1-14-9-18(25-13-14)19(23)22-6-4-17-16(12-22)21(7-8-24-17)11-15-3-2-5-20-10-15/h2-3,5,9-10,13,16-17H,4,6-8,11-12H2,1H3/t16-,17-/m0/s1. The highest BCUT2D eigenvalue weighted by molar-refractivity contribution is 7.12. The summed E-state index contributed by atoms with van der Waals surface area (Å²) in [7, 11) is 0. The van der Waals surface area contributed by atoms with Crippen molar-refractivity contribution in [1.29, 1.82) is 0 Å². The summed E-state index contributed by atoms with van der Waals surface area (Å²) in [6, 6.07) is 6.33. The maximum atomic E-state index is 12.8. The van der Waals surface area contributed by atoms with E-state index in [4.69, 9.17) is 4.74 Å². The van der Waals surface area contributed by atoms with Gasteiger partial charge in [-0.15, -0.1) is 11.3 Å². The van der Waals surface area contributed by atoms with Crippen LogP contribution in [-0.4, -0.2) is 59.1 Å². The minimum atomic E-state index is 0.156. The number of hydrogen-bond acceptors (Lipinski definition) is 5. The first-order valence-corrected chi connectivity index (χ1v) is 9.67. The molecule has 2 saturated heterocycles. The zero-order chi connectivity index (χ0) is 17.2. The van der Waals surface area contributed by atoms with Crippen molar-refractivity contribution in [2.24, 2.45) is 0 Å². The van der Waals surface area contributed by atoms with E-state index < -0.39 is 0 Å². The van der Waals surface area contributed by atoms with Crippen LogP contribution in [-0.2, 0) is 11.3 Å². The van der Waals surface area contributed by atoms with Crippen LogP contribution < -0.4 is 0 Å². The molecule has 132 valence electrons. The molecule has 0 spiro atoms. The van der Waals surface area contributed by atoms with E-state index in [2.05, 4.69) is 16.0 Å². The largest absolute Gasteiger partial charge is 0.375 e. The Balaban J connectivity index is 1.48. The van der Waals surface area contributed by atoms with Crippen LogP contribution in [0.25, 0.3) is 0 Å². The lowest BCUT2D eigenvalue weighted by Gasteiger charge is -2.47. The van der Waals surface area contributed by atoms with Crippen molar-refractivity contribution in [1.82, 2.24) is 14.8 Å². The number of rotatable bonds is 3. The number of pyridine rings is 1. The van der Waals surface area contributed by atoms with Crippen molar-refractivity contribution >= 4 is 17.2 Å². The van der Waals surface area contributed by atoms with Crippen molar-refractivity contribution in [3.8, 4) is 0 Å². The number of likely N-dealkylation sites (tertiary alicyclic amines) is 1. The molecule has 0 saturated carbocycles. The highest BCUT2D eigenvalue weighted by Gasteiger charge is 2.38. The second-order valence-electron chi connectivity index (χ2n) is 6.84. The number of carbonyl (C=O) groups is 1. The lowest BCUT2D eigenvalue weighted by molar-refractivity contribution is -0.101. The lowest BCUT2D eigenvalue weighted by atomic mass is 9.98. The van der Waals surface area contributed by atoms with Crippen molar-refractivity contribution < 1.29 is 9.53 Å². The first-order valence-electron chi connectivity index (χ1n) is 8.79. The van der Waals surface area contributed by atoms with Gasteiger partial charge >= 0.3 is 0 Å². The van der Waals surface area contributed by atoms with Gasteiger partial charge in [-0.05, 0) is 42.0 Å². The van der Waals surface area contributed by atoms with Crippen LogP contribution in [0.15, 0.2) is 36.0 Å². The van der Waals surface area contributed by atoms with Gasteiger partial charge in [-0.3, -0.25) is 14.7 Å². The van der Waals surface area contributed by atoms with E-state index in [0.29, 0.717) is 0 Å². The van der Waals surface area contributed by atoms with Gasteiger partial charge in [-0.2, -0.15) is 0 Å². The Morgan fingerprint density at radius 3 is 3.12 bits per heavy atom. The van der Waals surface area contributed by atoms with Crippen LogP contribution in [0.3, 0.4) is 0 Å².